The van der Waals surface area contributed by atoms with Crippen LogP contribution in [0.1, 0.15) is 24.3 Å². The Labute approximate surface area is 106 Å². The van der Waals surface area contributed by atoms with Gasteiger partial charge in [0.2, 0.25) is 0 Å². The molecule has 0 saturated carbocycles. The molecule has 0 aliphatic carbocycles. The number of fused-ring (bicyclic) bond motifs is 1. The zero-order valence-corrected chi connectivity index (χ0v) is 10.7. The highest BCUT2D eigenvalue weighted by Crippen LogP contribution is 2.19. The molecule has 0 amide bonds. The highest BCUT2D eigenvalue weighted by molar-refractivity contribution is 5.76. The summed E-state index contributed by atoms with van der Waals surface area (Å²) in [7, 11) is 0. The number of imidazole rings is 1. The third kappa shape index (κ3) is 1.82. The maximum atomic E-state index is 5.66. The van der Waals surface area contributed by atoms with E-state index in [-0.39, 0.29) is 0 Å². The van der Waals surface area contributed by atoms with Gasteiger partial charge >= 0.3 is 0 Å². The van der Waals surface area contributed by atoms with E-state index in [9.17, 15) is 0 Å². The monoisotopic (exact) mass is 240 g/mol. The van der Waals surface area contributed by atoms with Gasteiger partial charge in [0.05, 0.1) is 17.6 Å². The molecule has 3 aromatic rings. The van der Waals surface area contributed by atoms with Crippen LogP contribution in [0.3, 0.4) is 0 Å². The third-order valence-electron chi connectivity index (χ3n) is 3.16. The van der Waals surface area contributed by atoms with Gasteiger partial charge in [-0.15, -0.1) is 0 Å². The molecule has 0 bridgehead atoms. The SMILES string of the molecule is CCc1nc2ccccc2n1Cc1ccc(C)o1. The van der Waals surface area contributed by atoms with Crippen LogP contribution in [0, 0.1) is 6.92 Å². The summed E-state index contributed by atoms with van der Waals surface area (Å²) < 4.78 is 7.89. The molecule has 2 heterocycles. The summed E-state index contributed by atoms with van der Waals surface area (Å²) in [5, 5.41) is 0. The number of furan rings is 1. The van der Waals surface area contributed by atoms with Gasteiger partial charge in [0.1, 0.15) is 17.3 Å². The summed E-state index contributed by atoms with van der Waals surface area (Å²) in [4.78, 5) is 4.66. The molecule has 18 heavy (non-hydrogen) atoms. The number of para-hydroxylation sites is 2. The highest BCUT2D eigenvalue weighted by Gasteiger charge is 2.10. The molecule has 0 atom stereocenters. The number of benzene rings is 1. The fourth-order valence-electron chi connectivity index (χ4n) is 2.30. The topological polar surface area (TPSA) is 31.0 Å². The molecule has 1 aromatic carbocycles. The zero-order chi connectivity index (χ0) is 12.5. The van der Waals surface area contributed by atoms with Crippen molar-refractivity contribution in [2.75, 3.05) is 0 Å². The van der Waals surface area contributed by atoms with Gasteiger partial charge in [0.25, 0.3) is 0 Å². The normalized spacial score (nSPS) is 11.2. The van der Waals surface area contributed by atoms with Crippen molar-refractivity contribution in [2.24, 2.45) is 0 Å². The lowest BCUT2D eigenvalue weighted by atomic mass is 10.3. The molecular weight excluding hydrogens is 224 g/mol. The minimum atomic E-state index is 0.748. The van der Waals surface area contributed by atoms with Crippen molar-refractivity contribution in [2.45, 2.75) is 26.8 Å². The van der Waals surface area contributed by atoms with Crippen molar-refractivity contribution in [3.05, 3.63) is 53.7 Å². The molecular formula is C15H16N2O. The van der Waals surface area contributed by atoms with Gasteiger partial charge in [-0.3, -0.25) is 0 Å². The average Bonchev–Trinajstić information content (AvgIpc) is 2.94. The van der Waals surface area contributed by atoms with Crippen molar-refractivity contribution < 1.29 is 4.42 Å². The van der Waals surface area contributed by atoms with E-state index in [4.69, 9.17) is 4.42 Å². The van der Waals surface area contributed by atoms with Crippen LogP contribution in [-0.4, -0.2) is 9.55 Å². The van der Waals surface area contributed by atoms with Crippen LogP contribution in [0.4, 0.5) is 0 Å². The minimum absolute atomic E-state index is 0.748. The Balaban J connectivity index is 2.09. The van der Waals surface area contributed by atoms with Crippen molar-refractivity contribution in [3.8, 4) is 0 Å². The summed E-state index contributed by atoms with van der Waals surface area (Å²) in [6.07, 6.45) is 0.925. The Morgan fingerprint density at radius 3 is 2.72 bits per heavy atom. The molecule has 0 unspecified atom stereocenters. The van der Waals surface area contributed by atoms with E-state index < -0.39 is 0 Å². The molecule has 3 rings (SSSR count). The standard InChI is InChI=1S/C15H16N2O/c1-3-15-16-13-6-4-5-7-14(13)17(15)10-12-9-8-11(2)18-12/h4-9H,3,10H2,1-2H3. The van der Waals surface area contributed by atoms with Crippen LogP contribution >= 0.6 is 0 Å². The van der Waals surface area contributed by atoms with E-state index in [2.05, 4.69) is 28.6 Å². The molecule has 0 fully saturated rings. The maximum absolute atomic E-state index is 5.66. The van der Waals surface area contributed by atoms with Crippen LogP contribution in [0.5, 0.6) is 0 Å². The first-order chi connectivity index (χ1) is 8.78. The van der Waals surface area contributed by atoms with Crippen LogP contribution in [0.25, 0.3) is 11.0 Å². The Morgan fingerprint density at radius 1 is 1.17 bits per heavy atom. The van der Waals surface area contributed by atoms with Gasteiger partial charge in [-0.25, -0.2) is 4.98 Å². The van der Waals surface area contributed by atoms with Crippen molar-refractivity contribution in [1.29, 1.82) is 0 Å². The van der Waals surface area contributed by atoms with E-state index in [1.54, 1.807) is 0 Å². The minimum Gasteiger partial charge on any atom is -0.464 e. The predicted octanol–water partition coefficient (Wildman–Crippen LogP) is 3.55. The molecule has 0 N–H and O–H groups in total. The molecule has 2 aromatic heterocycles. The fraction of sp³-hybridized carbons (Fsp3) is 0.267. The number of hydrogen-bond acceptors (Lipinski definition) is 2. The highest BCUT2D eigenvalue weighted by atomic mass is 16.3. The smallest absolute Gasteiger partial charge is 0.123 e. The number of aryl methyl sites for hydroxylation is 2. The molecule has 0 aliphatic heterocycles. The van der Waals surface area contributed by atoms with Crippen LogP contribution in [0.15, 0.2) is 40.8 Å². The molecule has 3 nitrogen and oxygen atoms in total. The van der Waals surface area contributed by atoms with E-state index in [1.807, 2.05) is 31.2 Å². The Morgan fingerprint density at radius 2 is 2.00 bits per heavy atom. The van der Waals surface area contributed by atoms with Gasteiger partial charge in [0, 0.05) is 6.42 Å². The summed E-state index contributed by atoms with van der Waals surface area (Å²) in [5.41, 5.74) is 2.22. The third-order valence-corrected chi connectivity index (χ3v) is 3.16. The van der Waals surface area contributed by atoms with E-state index in [1.165, 1.54) is 5.52 Å². The lowest BCUT2D eigenvalue weighted by Gasteiger charge is -2.05. The summed E-state index contributed by atoms with van der Waals surface area (Å²) in [6.45, 7) is 4.85. The first kappa shape index (κ1) is 11.1. The quantitative estimate of drug-likeness (QED) is 0.701. The van der Waals surface area contributed by atoms with Crippen LogP contribution in [-0.2, 0) is 13.0 Å². The number of nitrogens with zero attached hydrogens (tertiary/aromatic N) is 2. The number of hydrogen-bond donors (Lipinski definition) is 0. The van der Waals surface area contributed by atoms with E-state index in [0.29, 0.717) is 0 Å². The summed E-state index contributed by atoms with van der Waals surface area (Å²) in [5.74, 6) is 3.03. The number of rotatable bonds is 3. The van der Waals surface area contributed by atoms with Gasteiger partial charge in [0.15, 0.2) is 0 Å². The lowest BCUT2D eigenvalue weighted by Crippen LogP contribution is -2.03. The van der Waals surface area contributed by atoms with Gasteiger partial charge < -0.3 is 8.98 Å². The molecule has 0 spiro atoms. The lowest BCUT2D eigenvalue weighted by molar-refractivity contribution is 0.469. The molecule has 0 aliphatic rings. The molecule has 0 radical (unpaired) electrons. The van der Waals surface area contributed by atoms with Crippen molar-refractivity contribution in [1.82, 2.24) is 9.55 Å². The second-order valence-corrected chi connectivity index (χ2v) is 4.47. The van der Waals surface area contributed by atoms with Crippen molar-refractivity contribution in [3.63, 3.8) is 0 Å². The van der Waals surface area contributed by atoms with Crippen molar-refractivity contribution >= 4 is 11.0 Å². The predicted molar refractivity (Wildman–Crippen MR) is 71.7 cm³/mol. The summed E-state index contributed by atoms with van der Waals surface area (Å²) in [6, 6.07) is 12.3. The maximum Gasteiger partial charge on any atom is 0.123 e. The molecule has 0 saturated heterocycles. The largest absolute Gasteiger partial charge is 0.464 e. The number of aromatic nitrogens is 2. The second-order valence-electron chi connectivity index (χ2n) is 4.47. The van der Waals surface area contributed by atoms with E-state index >= 15 is 0 Å². The molecule has 92 valence electrons. The molecule has 3 heteroatoms. The van der Waals surface area contributed by atoms with E-state index in [0.717, 1.165) is 35.8 Å². The van der Waals surface area contributed by atoms with Gasteiger partial charge in [-0.05, 0) is 31.2 Å². The fourth-order valence-corrected chi connectivity index (χ4v) is 2.30. The first-order valence-corrected chi connectivity index (χ1v) is 6.27. The first-order valence-electron chi connectivity index (χ1n) is 6.27. The second kappa shape index (κ2) is 4.33. The van der Waals surface area contributed by atoms with Crippen LogP contribution < -0.4 is 0 Å². The van der Waals surface area contributed by atoms with Crippen LogP contribution in [0.2, 0.25) is 0 Å². The zero-order valence-electron chi connectivity index (χ0n) is 10.7. The summed E-state index contributed by atoms with van der Waals surface area (Å²) >= 11 is 0. The average molecular weight is 240 g/mol. The van der Waals surface area contributed by atoms with Gasteiger partial charge in [-0.2, -0.15) is 0 Å². The Hall–Kier alpha value is -2.03. The Bertz CT molecular complexity index is 679. The van der Waals surface area contributed by atoms with Gasteiger partial charge in [-0.1, -0.05) is 19.1 Å². The Kier molecular flexibility index (Phi) is 2.67.